The van der Waals surface area contributed by atoms with Gasteiger partial charge >= 0.3 is 5.97 Å². The summed E-state index contributed by atoms with van der Waals surface area (Å²) in [7, 11) is -2.15. The number of nitrogens with zero attached hydrogens (tertiary/aromatic N) is 1. The van der Waals surface area contributed by atoms with E-state index >= 15 is 0 Å². The van der Waals surface area contributed by atoms with Gasteiger partial charge in [-0.2, -0.15) is 0 Å². The third-order valence-electron chi connectivity index (χ3n) is 4.04. The fourth-order valence-corrected chi connectivity index (χ4v) is 3.64. The number of sulfonamides is 1. The van der Waals surface area contributed by atoms with E-state index in [2.05, 4.69) is 10.1 Å². The van der Waals surface area contributed by atoms with Crippen LogP contribution in [0, 0.1) is 6.92 Å². The zero-order valence-electron chi connectivity index (χ0n) is 16.1. The van der Waals surface area contributed by atoms with Crippen LogP contribution >= 0.6 is 0 Å². The van der Waals surface area contributed by atoms with E-state index in [1.807, 2.05) is 13.0 Å². The molecular weight excluding hydrogens is 380 g/mol. The minimum absolute atomic E-state index is 0.163. The van der Waals surface area contributed by atoms with Crippen molar-refractivity contribution in [2.45, 2.75) is 19.8 Å². The zero-order chi connectivity index (χ0) is 20.7. The fourth-order valence-electron chi connectivity index (χ4n) is 2.68. The maximum Gasteiger partial charge on any atom is 0.337 e. The Labute approximate surface area is 165 Å². The Morgan fingerprint density at radius 2 is 1.79 bits per heavy atom. The van der Waals surface area contributed by atoms with Gasteiger partial charge in [0.25, 0.3) is 0 Å². The summed E-state index contributed by atoms with van der Waals surface area (Å²) < 4.78 is 30.1. The van der Waals surface area contributed by atoms with Gasteiger partial charge in [0.05, 0.1) is 24.6 Å². The number of ether oxygens (including phenoxy) is 1. The van der Waals surface area contributed by atoms with Gasteiger partial charge in [0, 0.05) is 18.7 Å². The number of nitrogens with one attached hydrogen (secondary N) is 1. The van der Waals surface area contributed by atoms with Crippen LogP contribution in [0.3, 0.4) is 0 Å². The molecular formula is C20H24N2O5S. The minimum Gasteiger partial charge on any atom is -0.465 e. The van der Waals surface area contributed by atoms with Crippen molar-refractivity contribution in [1.82, 2.24) is 0 Å². The topological polar surface area (TPSA) is 92.8 Å². The molecule has 0 fully saturated rings. The van der Waals surface area contributed by atoms with Gasteiger partial charge in [-0.25, -0.2) is 13.2 Å². The molecule has 28 heavy (non-hydrogen) atoms. The molecule has 0 heterocycles. The van der Waals surface area contributed by atoms with Crippen LogP contribution in [0.4, 0.5) is 11.4 Å². The Kier molecular flexibility index (Phi) is 7.17. The Morgan fingerprint density at radius 1 is 1.11 bits per heavy atom. The van der Waals surface area contributed by atoms with E-state index in [0.29, 0.717) is 23.4 Å². The highest BCUT2D eigenvalue weighted by molar-refractivity contribution is 7.92. The molecule has 0 aliphatic rings. The normalized spacial score (nSPS) is 11.0. The highest BCUT2D eigenvalue weighted by Gasteiger charge is 2.17. The van der Waals surface area contributed by atoms with E-state index in [-0.39, 0.29) is 18.9 Å². The van der Waals surface area contributed by atoms with Gasteiger partial charge in [0.1, 0.15) is 0 Å². The summed E-state index contributed by atoms with van der Waals surface area (Å²) in [5.74, 6) is -0.682. The van der Waals surface area contributed by atoms with Gasteiger partial charge in [-0.1, -0.05) is 12.1 Å². The van der Waals surface area contributed by atoms with Gasteiger partial charge in [0.15, 0.2) is 0 Å². The molecule has 7 nitrogen and oxygen atoms in total. The minimum atomic E-state index is -3.45. The molecule has 1 N–H and O–H groups in total. The van der Waals surface area contributed by atoms with Crippen molar-refractivity contribution in [3.05, 3.63) is 59.7 Å². The first-order chi connectivity index (χ1) is 13.2. The molecule has 0 bridgehead atoms. The molecule has 0 spiro atoms. The second-order valence-electron chi connectivity index (χ2n) is 6.39. The Bertz CT molecular complexity index is 939. The Hall–Kier alpha value is -2.87. The number of esters is 1. The number of methoxy groups -OCH3 is 1. The number of carbonyl (C=O) groups excluding carboxylic acids is 2. The highest BCUT2D eigenvalue weighted by Crippen LogP contribution is 2.19. The molecule has 150 valence electrons. The molecule has 8 heteroatoms. The third-order valence-corrected chi connectivity index (χ3v) is 5.24. The highest BCUT2D eigenvalue weighted by atomic mass is 32.2. The second kappa shape index (κ2) is 9.36. The van der Waals surface area contributed by atoms with E-state index in [0.717, 1.165) is 11.8 Å². The summed E-state index contributed by atoms with van der Waals surface area (Å²) in [6.45, 7) is 2.10. The van der Waals surface area contributed by atoms with Crippen LogP contribution in [0.1, 0.15) is 28.8 Å². The van der Waals surface area contributed by atoms with Crippen LogP contribution in [0.2, 0.25) is 0 Å². The van der Waals surface area contributed by atoms with Crippen LogP contribution in [0.15, 0.2) is 48.5 Å². The summed E-state index contributed by atoms with van der Waals surface area (Å²) in [4.78, 5) is 23.5. The smallest absolute Gasteiger partial charge is 0.337 e. The first-order valence-electron chi connectivity index (χ1n) is 8.73. The van der Waals surface area contributed by atoms with Crippen molar-refractivity contribution < 1.29 is 22.7 Å². The van der Waals surface area contributed by atoms with E-state index in [1.54, 1.807) is 42.5 Å². The molecule has 2 aromatic rings. The van der Waals surface area contributed by atoms with Gasteiger partial charge in [-0.3, -0.25) is 9.10 Å². The Balaban J connectivity index is 1.93. The number of aryl methyl sites for hydroxylation is 1. The first-order valence-corrected chi connectivity index (χ1v) is 10.6. The molecule has 0 unspecified atom stereocenters. The number of rotatable bonds is 8. The molecule has 0 saturated carbocycles. The number of hydrogen-bond acceptors (Lipinski definition) is 5. The van der Waals surface area contributed by atoms with Crippen molar-refractivity contribution in [3.63, 3.8) is 0 Å². The van der Waals surface area contributed by atoms with E-state index in [1.165, 1.54) is 11.4 Å². The number of benzene rings is 2. The lowest BCUT2D eigenvalue weighted by Gasteiger charge is -2.22. The van der Waals surface area contributed by atoms with Gasteiger partial charge < -0.3 is 10.1 Å². The predicted octanol–water partition coefficient (Wildman–Crippen LogP) is 2.97. The molecule has 2 aromatic carbocycles. The molecule has 2 rings (SSSR count). The zero-order valence-corrected chi connectivity index (χ0v) is 17.0. The Morgan fingerprint density at radius 3 is 2.36 bits per heavy atom. The predicted molar refractivity (Wildman–Crippen MR) is 109 cm³/mol. The quantitative estimate of drug-likeness (QED) is 0.683. The standard InChI is InChI=1S/C20H24N2O5S/c1-15-6-4-7-18(14-15)22(28(3,25)26)13-5-8-19(23)21-17-11-9-16(10-12-17)20(24)27-2/h4,6-7,9-12,14H,5,8,13H2,1-3H3,(H,21,23). The van der Waals surface area contributed by atoms with Gasteiger partial charge in [-0.15, -0.1) is 0 Å². The number of amides is 1. The van der Waals surface area contributed by atoms with Crippen molar-refractivity contribution in [2.75, 3.05) is 29.5 Å². The van der Waals surface area contributed by atoms with Gasteiger partial charge in [-0.05, 0) is 55.3 Å². The average molecular weight is 404 g/mol. The number of anilines is 2. The molecule has 0 radical (unpaired) electrons. The number of hydrogen-bond donors (Lipinski definition) is 1. The average Bonchev–Trinajstić information content (AvgIpc) is 2.64. The SMILES string of the molecule is COC(=O)c1ccc(NC(=O)CCCN(c2cccc(C)c2)S(C)(=O)=O)cc1. The summed E-state index contributed by atoms with van der Waals surface area (Å²) in [6, 6.07) is 13.6. The first kappa shape index (κ1) is 21.4. The van der Waals surface area contributed by atoms with Crippen molar-refractivity contribution in [3.8, 4) is 0 Å². The molecule has 0 atom stereocenters. The van der Waals surface area contributed by atoms with Gasteiger partial charge in [0.2, 0.25) is 15.9 Å². The summed E-state index contributed by atoms with van der Waals surface area (Å²) in [5.41, 5.74) is 2.49. The summed E-state index contributed by atoms with van der Waals surface area (Å²) in [6.07, 6.45) is 1.68. The summed E-state index contributed by atoms with van der Waals surface area (Å²) in [5, 5.41) is 2.73. The van der Waals surface area contributed by atoms with Crippen LogP contribution in [0.5, 0.6) is 0 Å². The molecule has 1 amide bonds. The van der Waals surface area contributed by atoms with Crippen molar-refractivity contribution in [2.24, 2.45) is 0 Å². The van der Waals surface area contributed by atoms with Crippen LogP contribution in [-0.4, -0.2) is 40.2 Å². The third kappa shape index (κ3) is 6.09. The summed E-state index contributed by atoms with van der Waals surface area (Å²) >= 11 is 0. The lowest BCUT2D eigenvalue weighted by atomic mass is 10.2. The maximum absolute atomic E-state index is 12.1. The molecule has 0 aliphatic heterocycles. The largest absolute Gasteiger partial charge is 0.465 e. The van der Waals surface area contributed by atoms with E-state index < -0.39 is 16.0 Å². The maximum atomic E-state index is 12.1. The lowest BCUT2D eigenvalue weighted by Crippen LogP contribution is -2.31. The van der Waals surface area contributed by atoms with Crippen molar-refractivity contribution >= 4 is 33.3 Å². The van der Waals surface area contributed by atoms with E-state index in [4.69, 9.17) is 0 Å². The monoisotopic (exact) mass is 404 g/mol. The second-order valence-corrected chi connectivity index (χ2v) is 8.30. The molecule has 0 aliphatic carbocycles. The van der Waals surface area contributed by atoms with Crippen molar-refractivity contribution in [1.29, 1.82) is 0 Å². The van der Waals surface area contributed by atoms with Crippen LogP contribution in [0.25, 0.3) is 0 Å². The lowest BCUT2D eigenvalue weighted by molar-refractivity contribution is -0.116. The molecule has 0 saturated heterocycles. The number of carbonyl (C=O) groups is 2. The van der Waals surface area contributed by atoms with Crippen LogP contribution in [-0.2, 0) is 19.6 Å². The van der Waals surface area contributed by atoms with E-state index in [9.17, 15) is 18.0 Å². The fraction of sp³-hybridized carbons (Fsp3) is 0.300. The molecule has 0 aromatic heterocycles. The van der Waals surface area contributed by atoms with Crippen LogP contribution < -0.4 is 9.62 Å².